The van der Waals surface area contributed by atoms with Crippen molar-refractivity contribution in [1.29, 1.82) is 0 Å². The van der Waals surface area contributed by atoms with Crippen LogP contribution in [0, 0.1) is 5.92 Å². The van der Waals surface area contributed by atoms with Crippen LogP contribution in [0.15, 0.2) is 22.0 Å². The summed E-state index contributed by atoms with van der Waals surface area (Å²) in [4.78, 5) is 64.9. The van der Waals surface area contributed by atoms with Crippen LogP contribution in [0.5, 0.6) is 11.6 Å². The van der Waals surface area contributed by atoms with Crippen molar-refractivity contribution < 1.29 is 48.0 Å². The Morgan fingerprint density at radius 3 is 2.37 bits per heavy atom. The van der Waals surface area contributed by atoms with E-state index in [-0.39, 0.29) is 51.0 Å². The Labute approximate surface area is 273 Å². The topological polar surface area (TPSA) is 235 Å². The average Bonchev–Trinajstić information content (AvgIpc) is 3.81. The van der Waals surface area contributed by atoms with Crippen LogP contribution in [0.1, 0.15) is 38.6 Å². The summed E-state index contributed by atoms with van der Waals surface area (Å²) < 4.78 is 30.8. The van der Waals surface area contributed by atoms with Gasteiger partial charge in [0, 0.05) is 30.3 Å². The van der Waals surface area contributed by atoms with E-state index < -0.39 is 72.3 Å². The Balaban J connectivity index is 1.92. The van der Waals surface area contributed by atoms with Gasteiger partial charge in [0.05, 0.1) is 15.7 Å². The number of nitrogens with zero attached hydrogens (tertiary/aromatic N) is 2. The molecule has 0 unspecified atom stereocenters. The quantitative estimate of drug-likeness (QED) is 0.117. The number of nitrogens with one attached hydrogen (secondary N) is 3. The van der Waals surface area contributed by atoms with E-state index in [1.54, 1.807) is 6.92 Å². The van der Waals surface area contributed by atoms with Gasteiger partial charge in [0.25, 0.3) is 5.56 Å². The molecule has 1 aliphatic carbocycles. The third-order valence-corrected chi connectivity index (χ3v) is 8.45. The molecule has 1 aliphatic rings. The zero-order valence-electron chi connectivity index (χ0n) is 24.0. The number of nitrogens with two attached hydrogens (primary N) is 1. The predicted molar refractivity (Wildman–Crippen MR) is 162 cm³/mol. The number of rotatable bonds is 17. The maximum absolute atomic E-state index is 13.7. The molecule has 0 spiro atoms. The van der Waals surface area contributed by atoms with Gasteiger partial charge >= 0.3 is 18.6 Å². The van der Waals surface area contributed by atoms with E-state index in [1.165, 1.54) is 4.57 Å². The van der Waals surface area contributed by atoms with Crippen LogP contribution >= 0.6 is 35.0 Å². The lowest BCUT2D eigenvalue weighted by Gasteiger charge is -2.23. The first-order valence-corrected chi connectivity index (χ1v) is 15.3. The van der Waals surface area contributed by atoms with E-state index >= 15 is 0 Å². The number of carbonyl (C=O) groups excluding carboxylic acids is 2. The first-order chi connectivity index (χ1) is 21.6. The van der Waals surface area contributed by atoms with Crippen molar-refractivity contribution in [1.82, 2.24) is 20.2 Å². The van der Waals surface area contributed by atoms with Gasteiger partial charge in [-0.25, -0.2) is 0 Å². The Bertz CT molecular complexity index is 1520. The number of aromatic nitrogens is 2. The molecule has 46 heavy (non-hydrogen) atoms. The summed E-state index contributed by atoms with van der Waals surface area (Å²) in [6.45, 7) is -2.18. The van der Waals surface area contributed by atoms with E-state index in [1.807, 2.05) is 0 Å². The van der Waals surface area contributed by atoms with Crippen LogP contribution in [-0.2, 0) is 19.2 Å². The van der Waals surface area contributed by atoms with Crippen LogP contribution in [0.4, 0.5) is 20.3 Å². The minimum atomic E-state index is -3.14. The zero-order valence-corrected chi connectivity index (χ0v) is 26.3. The molecule has 2 amide bonds. The minimum Gasteiger partial charge on any atom is -0.491 e. The highest BCUT2D eigenvalue weighted by molar-refractivity contribution is 7.99. The molecule has 15 nitrogen and oxygen atoms in total. The fourth-order valence-electron chi connectivity index (χ4n) is 4.16. The number of amides is 2. The molecule has 8 N–H and O–H groups in total. The molecular formula is C26H30Cl2F2N6O9S. The van der Waals surface area contributed by atoms with Crippen molar-refractivity contribution in [3.8, 4) is 11.6 Å². The van der Waals surface area contributed by atoms with Crippen molar-refractivity contribution in [2.45, 2.75) is 62.4 Å². The Kier molecular flexibility index (Phi) is 12.8. The highest BCUT2D eigenvalue weighted by Crippen LogP contribution is 2.42. The number of aliphatic carboxylic acids is 2. The number of alkyl halides is 2. The first-order valence-electron chi connectivity index (χ1n) is 13.5. The molecule has 3 rings (SSSR count). The molecule has 2 aromatic rings. The molecule has 0 radical (unpaired) electrons. The number of halogens is 4. The summed E-state index contributed by atoms with van der Waals surface area (Å²) in [5.41, 5.74) is 4.61. The van der Waals surface area contributed by atoms with Crippen molar-refractivity contribution in [3.63, 3.8) is 0 Å². The summed E-state index contributed by atoms with van der Waals surface area (Å²) in [7, 11) is 0. The van der Waals surface area contributed by atoms with Gasteiger partial charge in [-0.15, -0.1) is 0 Å². The maximum atomic E-state index is 13.7. The number of anilines is 2. The second kappa shape index (κ2) is 16.1. The average molecular weight is 712 g/mol. The fraction of sp³-hybridized carbons (Fsp3) is 0.462. The standard InChI is InChI=1S/C26H30Cl2F2N6O9S/c1-10(11-2-3-11)36-23(42)20(34-19-13(27)6-12(7-14(19)28)45-26(29)30)35-22(41)24(36)46-9-16(21(40)32-8-18(38)39)33-17(37)5-4-15(31)25(43)44/h6-7,10-11,15-16,26,41H,2-5,8-9,31H2,1H3,(H,32,40)(H,33,37)(H,34,35)(H,38,39)(H,43,44)/t10-,15-,16-/m0/s1. The SMILES string of the molecule is C[C@@H](C1CC1)n1c(SC[C@H](NC(=O)CC[C@H](N)C(=O)O)C(=O)NCC(=O)O)c(O)nc(Nc2c(Cl)cc(OC(F)F)cc2Cl)c1=O. The monoisotopic (exact) mass is 710 g/mol. The number of benzene rings is 1. The van der Waals surface area contributed by atoms with Crippen molar-refractivity contribution in [2.24, 2.45) is 11.7 Å². The lowest BCUT2D eigenvalue weighted by Crippen LogP contribution is -2.49. The summed E-state index contributed by atoms with van der Waals surface area (Å²) in [6.07, 6.45) is 0.951. The molecule has 1 aromatic heterocycles. The molecule has 0 bridgehead atoms. The largest absolute Gasteiger partial charge is 0.491 e. The molecule has 0 saturated heterocycles. The van der Waals surface area contributed by atoms with E-state index in [0.717, 1.165) is 36.7 Å². The van der Waals surface area contributed by atoms with Gasteiger partial charge in [-0.2, -0.15) is 13.8 Å². The van der Waals surface area contributed by atoms with E-state index in [4.69, 9.17) is 39.1 Å². The van der Waals surface area contributed by atoms with Crippen molar-refractivity contribution in [2.75, 3.05) is 17.6 Å². The lowest BCUT2D eigenvalue weighted by atomic mass is 10.1. The Hall–Kier alpha value is -3.87. The highest BCUT2D eigenvalue weighted by Gasteiger charge is 2.34. The smallest absolute Gasteiger partial charge is 0.387 e. The molecular weight excluding hydrogens is 681 g/mol. The van der Waals surface area contributed by atoms with Gasteiger partial charge in [0.2, 0.25) is 23.5 Å². The summed E-state index contributed by atoms with van der Waals surface area (Å²) in [5, 5.41) is 35.6. The number of carboxylic acid groups (broad SMARTS) is 2. The number of hydrogen-bond acceptors (Lipinski definition) is 11. The minimum absolute atomic E-state index is 0.0532. The third kappa shape index (κ3) is 10.1. The summed E-state index contributed by atoms with van der Waals surface area (Å²) >= 11 is 13.2. The highest BCUT2D eigenvalue weighted by atomic mass is 35.5. The van der Waals surface area contributed by atoms with E-state index in [2.05, 4.69) is 25.7 Å². The third-order valence-electron chi connectivity index (χ3n) is 6.70. The van der Waals surface area contributed by atoms with Crippen LogP contribution < -0.4 is 32.0 Å². The van der Waals surface area contributed by atoms with Gasteiger partial charge in [-0.05, 0) is 32.1 Å². The molecule has 1 heterocycles. The summed E-state index contributed by atoms with van der Waals surface area (Å²) in [5.74, 6) is -6.01. The number of thioether (sulfide) groups is 1. The molecule has 1 aromatic carbocycles. The van der Waals surface area contributed by atoms with Gasteiger partial charge in [-0.1, -0.05) is 35.0 Å². The number of hydrogen-bond donors (Lipinski definition) is 7. The molecule has 3 atom stereocenters. The first kappa shape index (κ1) is 36.6. The molecule has 1 saturated carbocycles. The van der Waals surface area contributed by atoms with Crippen LogP contribution in [0.25, 0.3) is 0 Å². The molecule has 0 aliphatic heterocycles. The molecule has 20 heteroatoms. The van der Waals surface area contributed by atoms with Crippen molar-refractivity contribution >= 4 is 70.2 Å². The fourth-order valence-corrected chi connectivity index (χ4v) is 5.84. The van der Waals surface area contributed by atoms with Crippen LogP contribution in [0.2, 0.25) is 10.0 Å². The summed E-state index contributed by atoms with van der Waals surface area (Å²) in [6, 6.07) is -1.13. The number of carboxylic acids is 2. The van der Waals surface area contributed by atoms with E-state index in [0.29, 0.717) is 0 Å². The normalized spacial score (nSPS) is 14.7. The second-order valence-corrected chi connectivity index (χ2v) is 12.0. The van der Waals surface area contributed by atoms with Crippen LogP contribution in [-0.4, -0.2) is 79.6 Å². The van der Waals surface area contributed by atoms with Gasteiger partial charge in [-0.3, -0.25) is 28.5 Å². The number of aromatic hydroxyl groups is 1. The number of ether oxygens (including phenoxy) is 1. The van der Waals surface area contributed by atoms with Gasteiger partial charge < -0.3 is 41.7 Å². The van der Waals surface area contributed by atoms with E-state index in [9.17, 15) is 37.9 Å². The van der Waals surface area contributed by atoms with Gasteiger partial charge in [0.1, 0.15) is 29.4 Å². The second-order valence-electron chi connectivity index (χ2n) is 10.1. The molecule has 1 fully saturated rings. The van der Waals surface area contributed by atoms with Crippen molar-refractivity contribution in [3.05, 3.63) is 32.5 Å². The van der Waals surface area contributed by atoms with Gasteiger partial charge in [0.15, 0.2) is 0 Å². The Morgan fingerprint density at radius 2 is 1.83 bits per heavy atom. The predicted octanol–water partition coefficient (Wildman–Crippen LogP) is 2.54. The van der Waals surface area contributed by atoms with Crippen LogP contribution in [0.3, 0.4) is 0 Å². The Morgan fingerprint density at radius 1 is 1.20 bits per heavy atom. The lowest BCUT2D eigenvalue weighted by molar-refractivity contribution is -0.139. The maximum Gasteiger partial charge on any atom is 0.387 e. The molecule has 252 valence electrons. The zero-order chi connectivity index (χ0) is 34.3. The number of carbonyl (C=O) groups is 4.